The smallest absolute Gasteiger partial charge is 0.318 e. The highest BCUT2D eigenvalue weighted by Crippen LogP contribution is 2.24. The number of rotatable bonds is 6. The van der Waals surface area contributed by atoms with Gasteiger partial charge in [0.2, 0.25) is 5.91 Å². The van der Waals surface area contributed by atoms with Crippen LogP contribution in [-0.4, -0.2) is 77.3 Å². The van der Waals surface area contributed by atoms with E-state index in [2.05, 4.69) is 15.6 Å². The number of aromatic nitrogens is 1. The number of carbonyl (C=O) groups excluding carboxylic acids is 3. The first-order valence-corrected chi connectivity index (χ1v) is 10.9. The summed E-state index contributed by atoms with van der Waals surface area (Å²) in [6.45, 7) is 9.19. The average molecular weight is 416 g/mol. The van der Waals surface area contributed by atoms with Gasteiger partial charge >= 0.3 is 6.03 Å². The molecule has 0 spiro atoms. The Morgan fingerprint density at radius 3 is 2.67 bits per heavy atom. The molecule has 1 aromatic rings. The van der Waals surface area contributed by atoms with Crippen LogP contribution in [0, 0.1) is 12.8 Å². The van der Waals surface area contributed by atoms with Crippen LogP contribution < -0.4 is 10.6 Å². The van der Waals surface area contributed by atoms with Crippen molar-refractivity contribution in [2.75, 3.05) is 39.3 Å². The first kappa shape index (κ1) is 22.2. The second kappa shape index (κ2) is 9.55. The van der Waals surface area contributed by atoms with Gasteiger partial charge in [-0.2, -0.15) is 0 Å². The first-order chi connectivity index (χ1) is 14.4. The minimum absolute atomic E-state index is 0.108. The summed E-state index contributed by atoms with van der Waals surface area (Å²) in [6, 6.07) is 3.29. The van der Waals surface area contributed by atoms with Gasteiger partial charge in [-0.1, -0.05) is 0 Å². The SMILES string of the molecule is CCN(CC)C(=O)C1CCCN(C(=O)N[C@]2(C(=O)c3ccc(C)nc3)CCNC2)C1. The molecule has 2 atom stereocenters. The standard InChI is InChI=1S/C22H33N5O3/c1-4-26(5-2)20(29)18-7-6-12-27(14-18)21(30)25-22(10-11-23-15-22)19(28)17-9-8-16(3)24-13-17/h8-9,13,18,23H,4-7,10-12,14-15H2,1-3H3,(H,25,30)/t18?,22-/m1/s1. The van der Waals surface area contributed by atoms with Crippen molar-refractivity contribution < 1.29 is 14.4 Å². The summed E-state index contributed by atoms with van der Waals surface area (Å²) in [5.41, 5.74) is 0.355. The first-order valence-electron chi connectivity index (χ1n) is 10.9. The molecular formula is C22H33N5O3. The maximum Gasteiger partial charge on any atom is 0.318 e. The zero-order valence-electron chi connectivity index (χ0n) is 18.2. The number of piperidine rings is 1. The minimum Gasteiger partial charge on any atom is -0.343 e. The Kier molecular flexibility index (Phi) is 7.07. The number of hydrogen-bond acceptors (Lipinski definition) is 5. The summed E-state index contributed by atoms with van der Waals surface area (Å²) >= 11 is 0. The molecule has 8 heteroatoms. The van der Waals surface area contributed by atoms with Crippen LogP contribution in [0.15, 0.2) is 18.3 Å². The van der Waals surface area contributed by atoms with E-state index in [-0.39, 0.29) is 23.6 Å². The normalized spacial score (nSPS) is 23.8. The summed E-state index contributed by atoms with van der Waals surface area (Å²) in [5.74, 6) is -0.197. The number of ketones is 1. The van der Waals surface area contributed by atoms with E-state index >= 15 is 0 Å². The van der Waals surface area contributed by atoms with Gasteiger partial charge in [-0.25, -0.2) is 4.79 Å². The van der Waals surface area contributed by atoms with Crippen LogP contribution in [0.25, 0.3) is 0 Å². The van der Waals surface area contributed by atoms with Crippen molar-refractivity contribution in [2.45, 2.75) is 45.6 Å². The monoisotopic (exact) mass is 415 g/mol. The van der Waals surface area contributed by atoms with E-state index in [4.69, 9.17) is 0 Å². The van der Waals surface area contributed by atoms with Crippen molar-refractivity contribution in [3.63, 3.8) is 0 Å². The van der Waals surface area contributed by atoms with E-state index in [0.29, 0.717) is 51.3 Å². The highest BCUT2D eigenvalue weighted by atomic mass is 16.2. The van der Waals surface area contributed by atoms with Crippen molar-refractivity contribution in [1.29, 1.82) is 0 Å². The van der Waals surface area contributed by atoms with Crippen molar-refractivity contribution in [3.05, 3.63) is 29.6 Å². The molecule has 8 nitrogen and oxygen atoms in total. The lowest BCUT2D eigenvalue weighted by molar-refractivity contribution is -0.136. The average Bonchev–Trinajstić information content (AvgIpc) is 3.24. The topological polar surface area (TPSA) is 94.6 Å². The molecule has 3 rings (SSSR count). The zero-order chi connectivity index (χ0) is 21.7. The molecule has 1 aromatic heterocycles. The Bertz CT molecular complexity index is 769. The lowest BCUT2D eigenvalue weighted by Gasteiger charge is -2.37. The van der Waals surface area contributed by atoms with E-state index < -0.39 is 5.54 Å². The molecule has 2 fully saturated rings. The van der Waals surface area contributed by atoms with Crippen LogP contribution in [0.4, 0.5) is 4.79 Å². The number of nitrogens with one attached hydrogen (secondary N) is 2. The van der Waals surface area contributed by atoms with Gasteiger partial charge < -0.3 is 20.4 Å². The molecule has 3 heterocycles. The number of pyridine rings is 1. The molecule has 2 aliphatic rings. The van der Waals surface area contributed by atoms with Crippen LogP contribution in [0.3, 0.4) is 0 Å². The largest absolute Gasteiger partial charge is 0.343 e. The molecule has 0 radical (unpaired) electrons. The number of aryl methyl sites for hydroxylation is 1. The van der Waals surface area contributed by atoms with Crippen LogP contribution in [-0.2, 0) is 4.79 Å². The summed E-state index contributed by atoms with van der Waals surface area (Å²) in [7, 11) is 0. The molecule has 164 valence electrons. The summed E-state index contributed by atoms with van der Waals surface area (Å²) in [6.07, 6.45) is 3.68. The van der Waals surface area contributed by atoms with Gasteiger partial charge in [0.1, 0.15) is 5.54 Å². The van der Waals surface area contributed by atoms with Crippen molar-refractivity contribution in [2.24, 2.45) is 5.92 Å². The highest BCUT2D eigenvalue weighted by Gasteiger charge is 2.44. The third-order valence-corrected chi connectivity index (χ3v) is 6.24. The summed E-state index contributed by atoms with van der Waals surface area (Å²) < 4.78 is 0. The number of nitrogens with zero attached hydrogens (tertiary/aromatic N) is 3. The lowest BCUT2D eigenvalue weighted by Crippen LogP contribution is -2.60. The fourth-order valence-corrected chi connectivity index (χ4v) is 4.37. The summed E-state index contributed by atoms with van der Waals surface area (Å²) in [5, 5.41) is 6.22. The Balaban J connectivity index is 1.71. The van der Waals surface area contributed by atoms with Crippen LogP contribution >= 0.6 is 0 Å². The van der Waals surface area contributed by atoms with Crippen molar-refractivity contribution in [1.82, 2.24) is 25.4 Å². The molecule has 2 N–H and O–H groups in total. The zero-order valence-corrected chi connectivity index (χ0v) is 18.2. The fraction of sp³-hybridized carbons (Fsp3) is 0.636. The van der Waals surface area contributed by atoms with E-state index in [0.717, 1.165) is 18.5 Å². The summed E-state index contributed by atoms with van der Waals surface area (Å²) in [4.78, 5) is 46.9. The molecule has 2 aliphatic heterocycles. The van der Waals surface area contributed by atoms with Crippen LogP contribution in [0.5, 0.6) is 0 Å². The molecule has 1 unspecified atom stereocenters. The van der Waals surface area contributed by atoms with E-state index in [1.165, 1.54) is 0 Å². The predicted molar refractivity (Wildman–Crippen MR) is 114 cm³/mol. The van der Waals surface area contributed by atoms with Crippen molar-refractivity contribution in [3.8, 4) is 0 Å². The van der Waals surface area contributed by atoms with Gasteiger partial charge in [-0.05, 0) is 58.7 Å². The Morgan fingerprint density at radius 1 is 1.30 bits per heavy atom. The minimum atomic E-state index is -0.982. The van der Waals surface area contributed by atoms with E-state index in [1.54, 1.807) is 23.2 Å². The maximum atomic E-state index is 13.3. The second-order valence-corrected chi connectivity index (χ2v) is 8.25. The Morgan fingerprint density at radius 2 is 2.07 bits per heavy atom. The fourth-order valence-electron chi connectivity index (χ4n) is 4.37. The number of hydrogen-bond donors (Lipinski definition) is 2. The van der Waals surface area contributed by atoms with Crippen molar-refractivity contribution >= 4 is 17.7 Å². The molecule has 0 aromatic carbocycles. The quantitative estimate of drug-likeness (QED) is 0.688. The molecule has 0 aliphatic carbocycles. The molecule has 30 heavy (non-hydrogen) atoms. The van der Waals surface area contributed by atoms with Gasteiger partial charge in [0.15, 0.2) is 5.78 Å². The molecule has 0 saturated carbocycles. The third kappa shape index (κ3) is 4.64. The Hall–Kier alpha value is -2.48. The number of amides is 3. The van der Waals surface area contributed by atoms with E-state index in [1.807, 2.05) is 25.7 Å². The molecule has 2 saturated heterocycles. The van der Waals surface area contributed by atoms with Gasteiger partial charge in [0, 0.05) is 50.2 Å². The second-order valence-electron chi connectivity index (χ2n) is 8.25. The van der Waals surface area contributed by atoms with Crippen LogP contribution in [0.2, 0.25) is 0 Å². The predicted octanol–water partition coefficient (Wildman–Crippen LogP) is 1.59. The molecular weight excluding hydrogens is 382 g/mol. The van der Waals surface area contributed by atoms with Gasteiger partial charge in [0.25, 0.3) is 0 Å². The van der Waals surface area contributed by atoms with Crippen LogP contribution in [0.1, 0.15) is 49.2 Å². The molecule has 0 bridgehead atoms. The number of urea groups is 1. The number of carbonyl (C=O) groups is 3. The molecule has 3 amide bonds. The number of likely N-dealkylation sites (tertiary alicyclic amines) is 1. The highest BCUT2D eigenvalue weighted by molar-refractivity contribution is 6.05. The third-order valence-electron chi connectivity index (χ3n) is 6.24. The maximum absolute atomic E-state index is 13.3. The van der Waals surface area contributed by atoms with Gasteiger partial charge in [0.05, 0.1) is 5.92 Å². The van der Waals surface area contributed by atoms with E-state index in [9.17, 15) is 14.4 Å². The lowest BCUT2D eigenvalue weighted by atomic mass is 9.88. The van der Waals surface area contributed by atoms with Gasteiger partial charge in [-0.15, -0.1) is 0 Å². The Labute approximate surface area is 178 Å². The van der Waals surface area contributed by atoms with Gasteiger partial charge in [-0.3, -0.25) is 14.6 Å². The number of Topliss-reactive ketones (excluding diaryl/α,β-unsaturated/α-hetero) is 1.